The Bertz CT molecular complexity index is 2400. The second kappa shape index (κ2) is 20.9. The van der Waals surface area contributed by atoms with E-state index < -0.39 is 46.2 Å². The third kappa shape index (κ3) is 11.7. The van der Waals surface area contributed by atoms with Crippen molar-refractivity contribution in [3.8, 4) is 22.3 Å². The molecule has 6 rings (SSSR count). The molecular formula is C49H61ClN8O7S. The number of anilines is 1. The molecule has 3 atom stereocenters. The molecule has 1 unspecified atom stereocenters. The lowest BCUT2D eigenvalue weighted by Gasteiger charge is -2.63. The van der Waals surface area contributed by atoms with E-state index in [1.807, 2.05) is 85.2 Å². The number of aliphatic hydroxyl groups is 1. The number of ether oxygens (including phenoxy) is 2. The number of thiazole rings is 1. The first-order chi connectivity index (χ1) is 31.2. The second-order valence-corrected chi connectivity index (χ2v) is 20.6. The van der Waals surface area contributed by atoms with Crippen LogP contribution < -0.4 is 26.0 Å². The highest BCUT2D eigenvalue weighted by atomic mass is 35.5. The summed E-state index contributed by atoms with van der Waals surface area (Å²) in [7, 11) is 0. The lowest BCUT2D eigenvalue weighted by atomic mass is 9.49. The largest absolute Gasteiger partial charge is 0.489 e. The minimum Gasteiger partial charge on any atom is -0.489 e. The van der Waals surface area contributed by atoms with Crippen LogP contribution in [0.25, 0.3) is 10.4 Å². The van der Waals surface area contributed by atoms with Gasteiger partial charge in [0.15, 0.2) is 0 Å². The van der Waals surface area contributed by atoms with Gasteiger partial charge in [-0.2, -0.15) is 5.26 Å². The summed E-state index contributed by atoms with van der Waals surface area (Å²) in [6.45, 7) is 16.5. The Morgan fingerprint density at radius 3 is 2.38 bits per heavy atom. The molecule has 3 heterocycles. The molecule has 2 fully saturated rings. The monoisotopic (exact) mass is 940 g/mol. The number of hydrogen-bond acceptors (Lipinski definition) is 12. The predicted octanol–water partition coefficient (Wildman–Crippen LogP) is 6.67. The number of nitrogens with zero attached hydrogens (tertiary/aromatic N) is 4. The predicted molar refractivity (Wildman–Crippen MR) is 254 cm³/mol. The van der Waals surface area contributed by atoms with Crippen molar-refractivity contribution in [3.05, 3.63) is 93.7 Å². The van der Waals surface area contributed by atoms with E-state index in [-0.39, 0.29) is 50.1 Å². The topological polar surface area (TPSA) is 208 Å². The van der Waals surface area contributed by atoms with Gasteiger partial charge in [-0.25, -0.2) is 9.97 Å². The summed E-state index contributed by atoms with van der Waals surface area (Å²) < 4.78 is 12.0. The molecule has 0 bridgehead atoms. The Hall–Kier alpha value is -5.60. The average Bonchev–Trinajstić information content (AvgIpc) is 3.89. The number of β-amino-alcohol motifs (C(OH)–C–C–N with tert-alkyl or cyclic N) is 1. The van der Waals surface area contributed by atoms with Gasteiger partial charge in [-0.3, -0.25) is 19.2 Å². The summed E-state index contributed by atoms with van der Waals surface area (Å²) >= 11 is 7.80. The SMILES string of the molecule is Cc1ncsc1-c1ccc(CNC(=O)[C@@H]2C[C@@H](O)CN2C(=O)C(NC(=O)COCCCCNc2ccc(C(=O)NC3C(C)(C)C(Oc4ccc(C#N)c(Cl)c4)C3(C)C)cn2)C(C)(C)C)cc1. The molecule has 4 aromatic rings. The molecule has 2 aromatic heterocycles. The minimum atomic E-state index is -0.962. The van der Waals surface area contributed by atoms with Gasteiger partial charge < -0.3 is 40.7 Å². The molecule has 1 aliphatic carbocycles. The van der Waals surface area contributed by atoms with Crippen molar-refractivity contribution >= 4 is 52.4 Å². The molecule has 1 saturated carbocycles. The minimum absolute atomic E-state index is 0.0175. The van der Waals surface area contributed by atoms with Crippen molar-refractivity contribution in [3.63, 3.8) is 0 Å². The Morgan fingerprint density at radius 1 is 1.03 bits per heavy atom. The fraction of sp³-hybridized carbons (Fsp3) is 0.490. The fourth-order valence-electron chi connectivity index (χ4n) is 9.14. The maximum Gasteiger partial charge on any atom is 0.253 e. The summed E-state index contributed by atoms with van der Waals surface area (Å²) in [5, 5.41) is 32.3. The average molecular weight is 942 g/mol. The third-order valence-corrected chi connectivity index (χ3v) is 13.7. The van der Waals surface area contributed by atoms with Crippen molar-refractivity contribution in [2.24, 2.45) is 16.2 Å². The lowest BCUT2D eigenvalue weighted by molar-refractivity contribution is -0.164. The molecule has 2 aliphatic rings. The van der Waals surface area contributed by atoms with Crippen LogP contribution in [-0.4, -0.2) is 100 Å². The van der Waals surface area contributed by atoms with E-state index in [4.69, 9.17) is 21.1 Å². The van der Waals surface area contributed by atoms with Gasteiger partial charge in [0.1, 0.15) is 42.4 Å². The van der Waals surface area contributed by atoms with E-state index >= 15 is 0 Å². The normalized spacial score (nSPS) is 20.0. The highest BCUT2D eigenvalue weighted by molar-refractivity contribution is 7.13. The lowest BCUT2D eigenvalue weighted by Crippen LogP contribution is -2.74. The Labute approximate surface area is 396 Å². The number of aryl methyl sites for hydroxylation is 1. The third-order valence-electron chi connectivity index (χ3n) is 12.4. The van der Waals surface area contributed by atoms with Crippen LogP contribution in [0.2, 0.25) is 5.02 Å². The van der Waals surface area contributed by atoms with Crippen molar-refractivity contribution in [1.29, 1.82) is 5.26 Å². The zero-order valence-electron chi connectivity index (χ0n) is 38.9. The van der Waals surface area contributed by atoms with E-state index in [2.05, 4.69) is 37.3 Å². The Balaban J connectivity index is 0.896. The van der Waals surface area contributed by atoms with Crippen LogP contribution in [0.1, 0.15) is 94.9 Å². The summed E-state index contributed by atoms with van der Waals surface area (Å²) in [4.78, 5) is 65.0. The zero-order chi connectivity index (χ0) is 48.0. The first-order valence-corrected chi connectivity index (χ1v) is 23.5. The number of aromatic nitrogens is 2. The summed E-state index contributed by atoms with van der Waals surface area (Å²) in [6, 6.07) is 16.3. The number of carbonyl (C=O) groups is 4. The molecule has 4 amide bonds. The molecular weight excluding hydrogens is 880 g/mol. The van der Waals surface area contributed by atoms with Crippen LogP contribution in [0.4, 0.5) is 5.82 Å². The zero-order valence-corrected chi connectivity index (χ0v) is 40.4. The maximum absolute atomic E-state index is 14.0. The molecule has 15 nitrogen and oxygen atoms in total. The molecule has 0 radical (unpaired) electrons. The highest BCUT2D eigenvalue weighted by Crippen LogP contribution is 2.55. The number of pyridine rings is 1. The van der Waals surface area contributed by atoms with E-state index in [9.17, 15) is 29.5 Å². The number of unbranched alkanes of at least 4 members (excludes halogenated alkanes) is 1. The van der Waals surface area contributed by atoms with E-state index in [0.717, 1.165) is 28.1 Å². The number of likely N-dealkylation sites (tertiary alicyclic amines) is 1. The number of benzene rings is 2. The molecule has 2 aromatic carbocycles. The molecule has 0 spiro atoms. The van der Waals surface area contributed by atoms with Crippen LogP contribution in [0.3, 0.4) is 0 Å². The number of nitrogens with one attached hydrogen (secondary N) is 4. The van der Waals surface area contributed by atoms with Gasteiger partial charge in [-0.15, -0.1) is 11.3 Å². The van der Waals surface area contributed by atoms with Crippen LogP contribution >= 0.6 is 22.9 Å². The fourth-order valence-corrected chi connectivity index (χ4v) is 10.2. The standard InChI is InChI=1S/C49H61ClN8O7S/c1-29-40(66-28-55-29)31-13-11-30(12-14-31)24-54-43(62)37-21-34(59)26-58(37)44(63)41(47(2,3)4)56-39(60)27-64-20-10-9-19-52-38-18-16-33(25-53-38)42(61)57-45-48(5,6)46(49(45,7)8)65-35-17-15-32(23-51)36(50)22-35/h11-18,22,25,28,34,37,41,45-46,59H,9-10,19-21,24,26-27H2,1-8H3,(H,52,53)(H,54,62)(H,56,60)(H,57,61)/t34-,37+,41?,45?,46?/m1/s1. The number of carbonyl (C=O) groups excluding carboxylic acids is 4. The van der Waals surface area contributed by atoms with Crippen LogP contribution in [0.5, 0.6) is 5.75 Å². The van der Waals surface area contributed by atoms with Gasteiger partial charge in [0.05, 0.1) is 38.3 Å². The van der Waals surface area contributed by atoms with Gasteiger partial charge in [-0.05, 0) is 60.6 Å². The highest BCUT2D eigenvalue weighted by Gasteiger charge is 2.64. The van der Waals surface area contributed by atoms with Crippen LogP contribution in [0.15, 0.2) is 66.3 Å². The van der Waals surface area contributed by atoms with Gasteiger partial charge >= 0.3 is 0 Å². The van der Waals surface area contributed by atoms with Gasteiger partial charge in [0, 0.05) is 61.8 Å². The van der Waals surface area contributed by atoms with Gasteiger partial charge in [0.2, 0.25) is 17.7 Å². The van der Waals surface area contributed by atoms with Crippen molar-refractivity contribution in [1.82, 2.24) is 30.8 Å². The van der Waals surface area contributed by atoms with Gasteiger partial charge in [0.25, 0.3) is 5.91 Å². The maximum atomic E-state index is 14.0. The number of aliphatic hydroxyl groups excluding tert-OH is 1. The van der Waals surface area contributed by atoms with E-state index in [0.29, 0.717) is 47.3 Å². The summed E-state index contributed by atoms with van der Waals surface area (Å²) in [5.74, 6) is -0.335. The molecule has 1 saturated heterocycles. The van der Waals surface area contributed by atoms with Crippen molar-refractivity contribution in [2.75, 3.05) is 31.6 Å². The van der Waals surface area contributed by atoms with Crippen LogP contribution in [-0.2, 0) is 25.7 Å². The number of rotatable bonds is 18. The van der Waals surface area contributed by atoms with E-state index in [1.54, 1.807) is 41.7 Å². The number of amides is 4. The molecule has 5 N–H and O–H groups in total. The van der Waals surface area contributed by atoms with Crippen molar-refractivity contribution in [2.45, 2.75) is 112 Å². The number of nitriles is 1. The van der Waals surface area contributed by atoms with Crippen molar-refractivity contribution < 1.29 is 33.8 Å². The molecule has 17 heteroatoms. The molecule has 1 aliphatic heterocycles. The van der Waals surface area contributed by atoms with Gasteiger partial charge in [-0.1, -0.05) is 84.3 Å². The Kier molecular flexibility index (Phi) is 15.8. The van der Waals surface area contributed by atoms with Crippen LogP contribution in [0, 0.1) is 34.5 Å². The second-order valence-electron chi connectivity index (χ2n) is 19.4. The number of hydrogen-bond donors (Lipinski definition) is 5. The first kappa shape index (κ1) is 49.8. The smallest absolute Gasteiger partial charge is 0.253 e. The van der Waals surface area contributed by atoms with E-state index in [1.165, 1.54) is 11.1 Å². The number of halogens is 1. The summed E-state index contributed by atoms with van der Waals surface area (Å²) in [5.41, 5.74) is 4.00. The summed E-state index contributed by atoms with van der Waals surface area (Å²) in [6.07, 6.45) is 1.90. The first-order valence-electron chi connectivity index (χ1n) is 22.2. The molecule has 352 valence electrons. The quantitative estimate of drug-likeness (QED) is 0.0666. The Morgan fingerprint density at radius 2 is 1.76 bits per heavy atom. The molecule has 66 heavy (non-hydrogen) atoms.